The maximum absolute atomic E-state index is 13.8. The number of nitrogens with two attached hydrogens (primary N) is 1. The summed E-state index contributed by atoms with van der Waals surface area (Å²) in [4.78, 5) is 43.7. The number of imidazole rings is 1. The summed E-state index contributed by atoms with van der Waals surface area (Å²) in [5.74, 6) is -6.07. The summed E-state index contributed by atoms with van der Waals surface area (Å²) in [6, 6.07) is -0.725. The minimum Gasteiger partial charge on any atom is -0.383 e. The molecule has 0 aliphatic carbocycles. The van der Waals surface area contributed by atoms with E-state index in [2.05, 4.69) is 32.0 Å². The molecule has 292 valence electrons. The summed E-state index contributed by atoms with van der Waals surface area (Å²) in [5, 5.41) is 5.25. The van der Waals surface area contributed by atoms with Gasteiger partial charge in [0.25, 0.3) is 5.91 Å². The number of amides is 2. The Bertz CT molecular complexity index is 1460. The SMILES string of the molecule is C=CN=C(N)C(=O)NC(CCCCC(C)(F)F)c1cn(C)c(/N=C(\C(C[C@H]2CC(C(F)(F)F)CNC2=O)=C(C)CC)N2CCN(CCOC)CC2)n1. The molecule has 1 aromatic heterocycles. The quantitative estimate of drug-likeness (QED) is 0.0935. The van der Waals surface area contributed by atoms with Crippen molar-refractivity contribution in [1.82, 2.24) is 30.0 Å². The average Bonchev–Trinajstić information content (AvgIpc) is 3.45. The van der Waals surface area contributed by atoms with E-state index in [1.54, 1.807) is 24.9 Å². The Morgan fingerprint density at radius 2 is 1.92 bits per heavy atom. The molecule has 2 aliphatic rings. The van der Waals surface area contributed by atoms with Crippen molar-refractivity contribution < 1.29 is 36.3 Å². The largest absolute Gasteiger partial charge is 0.393 e. The van der Waals surface area contributed by atoms with Crippen molar-refractivity contribution in [2.75, 3.05) is 53.0 Å². The first-order chi connectivity index (χ1) is 24.5. The van der Waals surface area contributed by atoms with Gasteiger partial charge in [-0.15, -0.1) is 0 Å². The number of halogens is 5. The number of aliphatic imine (C=N–C) groups is 2. The van der Waals surface area contributed by atoms with Crippen molar-refractivity contribution >= 4 is 29.4 Å². The van der Waals surface area contributed by atoms with Crippen molar-refractivity contribution in [2.24, 2.45) is 34.6 Å². The van der Waals surface area contributed by atoms with Gasteiger partial charge in [0, 0.05) is 78.2 Å². The Hall–Kier alpha value is -3.86. The number of piperazine rings is 1. The lowest BCUT2D eigenvalue weighted by molar-refractivity contribution is -0.183. The number of ether oxygens (including phenoxy) is 1. The maximum Gasteiger partial charge on any atom is 0.393 e. The number of aryl methyl sites for hydroxylation is 1. The zero-order valence-electron chi connectivity index (χ0n) is 30.9. The van der Waals surface area contributed by atoms with Crippen LogP contribution in [-0.2, 0) is 21.4 Å². The Morgan fingerprint density at radius 1 is 1.23 bits per heavy atom. The van der Waals surface area contributed by atoms with E-state index in [1.165, 1.54) is 0 Å². The van der Waals surface area contributed by atoms with Crippen LogP contribution in [0.25, 0.3) is 0 Å². The Kier molecular flexibility index (Phi) is 15.8. The normalized spacial score (nSPS) is 20.7. The van der Waals surface area contributed by atoms with Crippen LogP contribution >= 0.6 is 0 Å². The number of hydrogen-bond acceptors (Lipinski definition) is 7. The third kappa shape index (κ3) is 12.7. The number of carbonyl (C=O) groups is 2. The van der Waals surface area contributed by atoms with Crippen molar-refractivity contribution in [3.8, 4) is 0 Å². The van der Waals surface area contributed by atoms with E-state index in [1.807, 2.05) is 13.8 Å². The van der Waals surface area contributed by atoms with Crippen LogP contribution in [0.2, 0.25) is 0 Å². The fourth-order valence-electron chi connectivity index (χ4n) is 6.29. The molecular weight excluding hydrogens is 689 g/mol. The molecule has 2 unspecified atom stereocenters. The van der Waals surface area contributed by atoms with E-state index in [0.29, 0.717) is 62.7 Å². The van der Waals surface area contributed by atoms with Crippen LogP contribution in [0.5, 0.6) is 0 Å². The van der Waals surface area contributed by atoms with Crippen LogP contribution in [0.4, 0.5) is 27.9 Å². The second-order valence-corrected chi connectivity index (χ2v) is 13.6. The minimum atomic E-state index is -4.44. The molecule has 3 heterocycles. The number of methoxy groups -OCH3 is 1. The average molecular weight is 744 g/mol. The van der Waals surface area contributed by atoms with E-state index in [9.17, 15) is 31.5 Å². The lowest BCUT2D eigenvalue weighted by Crippen LogP contribution is -2.50. The molecule has 12 nitrogen and oxygen atoms in total. The highest BCUT2D eigenvalue weighted by Gasteiger charge is 2.45. The molecule has 2 aliphatic heterocycles. The number of rotatable bonds is 16. The molecule has 0 saturated carbocycles. The van der Waals surface area contributed by atoms with Gasteiger partial charge >= 0.3 is 6.18 Å². The third-order valence-electron chi connectivity index (χ3n) is 9.54. The molecule has 2 fully saturated rings. The summed E-state index contributed by atoms with van der Waals surface area (Å²) in [6.07, 6.45) is -0.820. The molecule has 3 atom stereocenters. The summed E-state index contributed by atoms with van der Waals surface area (Å²) in [6.45, 7) is 11.5. The molecular formula is C35H54F5N9O3. The van der Waals surface area contributed by atoms with E-state index >= 15 is 0 Å². The van der Waals surface area contributed by atoms with Crippen molar-refractivity contribution in [1.29, 1.82) is 0 Å². The van der Waals surface area contributed by atoms with Crippen LogP contribution in [-0.4, -0.2) is 108 Å². The van der Waals surface area contributed by atoms with Gasteiger partial charge in [-0.3, -0.25) is 14.5 Å². The Balaban J connectivity index is 2.05. The Morgan fingerprint density at radius 3 is 2.52 bits per heavy atom. The van der Waals surface area contributed by atoms with Crippen LogP contribution in [0.1, 0.15) is 77.5 Å². The monoisotopic (exact) mass is 743 g/mol. The summed E-state index contributed by atoms with van der Waals surface area (Å²) in [5.41, 5.74) is 7.76. The van der Waals surface area contributed by atoms with Gasteiger partial charge in [0.05, 0.1) is 24.3 Å². The molecule has 0 spiro atoms. The van der Waals surface area contributed by atoms with Gasteiger partial charge in [-0.25, -0.2) is 18.8 Å². The fraction of sp³-hybridized carbons (Fsp3) is 0.686. The number of unbranched alkanes of at least 4 members (excludes halogenated alkanes) is 1. The van der Waals surface area contributed by atoms with E-state index in [0.717, 1.165) is 25.2 Å². The number of nitrogens with one attached hydrogen (secondary N) is 2. The standard InChI is InChI=1S/C35H54F5N9O3/c1-7-23(3)26(20-24-19-25(35(38,39)40)21-43-31(24)50)30(49-15-13-48(14-16-49)17-18-52-6)46-33-45-28(22-47(33)5)27(11-9-10-12-34(4,36)37)44-32(51)29(41)42-8-2/h8,22,24-25,27H,2,7,9-21H2,1,3-6H3,(H2,41,42)(H,43,50)(H,44,51)/b26-23?,46-30+/t24-,25?,27?/m1/s1. The smallest absolute Gasteiger partial charge is 0.383 e. The first-order valence-corrected chi connectivity index (χ1v) is 17.7. The Labute approximate surface area is 302 Å². The minimum absolute atomic E-state index is 0.0563. The van der Waals surface area contributed by atoms with Gasteiger partial charge in [0.1, 0.15) is 5.84 Å². The summed E-state index contributed by atoms with van der Waals surface area (Å²) >= 11 is 0. The summed E-state index contributed by atoms with van der Waals surface area (Å²) < 4.78 is 75.4. The molecule has 0 aromatic carbocycles. The highest BCUT2D eigenvalue weighted by Crippen LogP contribution is 2.36. The molecule has 3 rings (SSSR count). The molecule has 4 N–H and O–H groups in total. The van der Waals surface area contributed by atoms with E-state index < -0.39 is 48.3 Å². The summed E-state index contributed by atoms with van der Waals surface area (Å²) in [7, 11) is 3.36. The first kappa shape index (κ1) is 42.6. The number of piperidine rings is 1. The van der Waals surface area contributed by atoms with Crippen molar-refractivity contribution in [3.05, 3.63) is 35.8 Å². The van der Waals surface area contributed by atoms with Crippen LogP contribution < -0.4 is 16.4 Å². The van der Waals surface area contributed by atoms with Crippen molar-refractivity contribution in [2.45, 2.75) is 83.9 Å². The van der Waals surface area contributed by atoms with Gasteiger partial charge < -0.3 is 30.6 Å². The number of nitrogens with zero attached hydrogens (tertiary/aromatic N) is 6. The molecule has 2 saturated heterocycles. The van der Waals surface area contributed by atoms with Gasteiger partial charge in [-0.2, -0.15) is 18.2 Å². The van der Waals surface area contributed by atoms with Gasteiger partial charge in [-0.1, -0.05) is 25.5 Å². The van der Waals surface area contributed by atoms with Crippen LogP contribution in [0, 0.1) is 11.8 Å². The van der Waals surface area contributed by atoms with Gasteiger partial charge in [-0.05, 0) is 51.5 Å². The molecule has 0 radical (unpaired) electrons. The van der Waals surface area contributed by atoms with Crippen LogP contribution in [0.3, 0.4) is 0 Å². The molecule has 1 aromatic rings. The number of carbonyl (C=O) groups excluding carboxylic acids is 2. The lowest BCUT2D eigenvalue weighted by Gasteiger charge is -2.38. The zero-order chi connectivity index (χ0) is 38.6. The fourth-order valence-corrected chi connectivity index (χ4v) is 6.29. The van der Waals surface area contributed by atoms with Gasteiger partial charge in [0.2, 0.25) is 17.8 Å². The van der Waals surface area contributed by atoms with E-state index in [-0.39, 0.29) is 43.9 Å². The zero-order valence-corrected chi connectivity index (χ0v) is 30.9. The number of allylic oxidation sites excluding steroid dienone is 1. The molecule has 17 heteroatoms. The number of hydrogen-bond donors (Lipinski definition) is 3. The molecule has 52 heavy (non-hydrogen) atoms. The molecule has 2 amide bonds. The number of alkyl halides is 5. The lowest BCUT2D eigenvalue weighted by atomic mass is 9.83. The highest BCUT2D eigenvalue weighted by molar-refractivity contribution is 6.37. The maximum atomic E-state index is 13.8. The third-order valence-corrected chi connectivity index (χ3v) is 9.54. The van der Waals surface area contributed by atoms with Crippen molar-refractivity contribution in [3.63, 3.8) is 0 Å². The second-order valence-electron chi connectivity index (χ2n) is 13.6. The molecule has 0 bridgehead atoms. The predicted molar refractivity (Wildman–Crippen MR) is 190 cm³/mol. The second kappa shape index (κ2) is 19.3. The number of aromatic nitrogens is 2. The predicted octanol–water partition coefficient (Wildman–Crippen LogP) is 5.02. The van der Waals surface area contributed by atoms with Gasteiger partial charge in [0.15, 0.2) is 5.84 Å². The number of amidine groups is 2. The van der Waals surface area contributed by atoms with Crippen LogP contribution in [0.15, 0.2) is 40.1 Å². The highest BCUT2D eigenvalue weighted by atomic mass is 19.4. The topological polar surface area (TPSA) is 142 Å². The first-order valence-electron chi connectivity index (χ1n) is 17.7. The van der Waals surface area contributed by atoms with E-state index in [4.69, 9.17) is 20.4 Å².